The average molecular weight is 497 g/mol. The number of amides is 1. The number of hydrogen-bond donors (Lipinski definition) is 2. The van der Waals surface area contributed by atoms with E-state index in [1.807, 2.05) is 6.07 Å². The molecule has 1 aliphatic rings. The molecule has 0 spiro atoms. The highest BCUT2D eigenvalue weighted by Crippen LogP contribution is 2.26. The summed E-state index contributed by atoms with van der Waals surface area (Å²) in [5.41, 5.74) is 1.77. The van der Waals surface area contributed by atoms with Gasteiger partial charge in [0, 0.05) is 32.0 Å². The van der Waals surface area contributed by atoms with E-state index >= 15 is 0 Å². The largest absolute Gasteiger partial charge is 0.419 e. The number of nitrogens with one attached hydrogen (secondary N) is 2. The third kappa shape index (κ3) is 5.48. The molecular weight excluding hydrogens is 471 g/mol. The van der Waals surface area contributed by atoms with Crippen molar-refractivity contribution in [2.45, 2.75) is 30.9 Å². The monoisotopic (exact) mass is 496 g/mol. The van der Waals surface area contributed by atoms with E-state index in [-0.39, 0.29) is 12.8 Å². The van der Waals surface area contributed by atoms with Gasteiger partial charge in [-0.3, -0.25) is 9.36 Å². The van der Waals surface area contributed by atoms with E-state index in [2.05, 4.69) is 10.6 Å². The lowest BCUT2D eigenvalue weighted by atomic mass is 9.99. The molecule has 3 aromatic rings. The number of carbonyl (C=O) groups excluding carboxylic acids is 1. The molecule has 0 aliphatic carbocycles. The van der Waals surface area contributed by atoms with Crippen molar-refractivity contribution < 1.29 is 18.3 Å². The number of ether oxygens (including phenoxy) is 1. The summed E-state index contributed by atoms with van der Waals surface area (Å²) in [6, 6.07) is 11.0. The van der Waals surface area contributed by atoms with Crippen LogP contribution in [0, 0.1) is 17.1 Å². The molecule has 2 heterocycles. The molecule has 1 aliphatic heterocycles. The molecule has 35 heavy (non-hydrogen) atoms. The maximum atomic E-state index is 15.0. The Morgan fingerprint density at radius 2 is 2.14 bits per heavy atom. The fraction of sp³-hybridized carbons (Fsp3) is 0.360. The number of fused-ring (bicyclic) bond motifs is 1. The van der Waals surface area contributed by atoms with Crippen molar-refractivity contribution in [1.29, 1.82) is 5.26 Å². The van der Waals surface area contributed by atoms with Crippen molar-refractivity contribution in [1.82, 2.24) is 15.2 Å². The molecule has 0 saturated carbocycles. The Balaban J connectivity index is 1.46. The Kier molecular flexibility index (Phi) is 7.40. The first kappa shape index (κ1) is 24.7. The third-order valence-electron chi connectivity index (χ3n) is 6.08. The summed E-state index contributed by atoms with van der Waals surface area (Å²) in [4.78, 5) is 24.4. The Labute approximate surface area is 206 Å². The molecule has 0 bridgehead atoms. The number of nitriles is 1. The minimum Gasteiger partial charge on any atom is -0.408 e. The van der Waals surface area contributed by atoms with Crippen LogP contribution in [0.5, 0.6) is 0 Å². The second-order valence-electron chi connectivity index (χ2n) is 8.61. The molecule has 8 nitrogen and oxygen atoms in total. The fourth-order valence-electron chi connectivity index (χ4n) is 4.12. The van der Waals surface area contributed by atoms with Gasteiger partial charge in [-0.2, -0.15) is 5.26 Å². The van der Waals surface area contributed by atoms with Gasteiger partial charge in [0.05, 0.1) is 18.0 Å². The highest BCUT2D eigenvalue weighted by Gasteiger charge is 2.33. The minimum atomic E-state index is -0.916. The lowest BCUT2D eigenvalue weighted by Crippen LogP contribution is -2.48. The van der Waals surface area contributed by atoms with Crippen molar-refractivity contribution in [2.75, 3.05) is 19.7 Å². The number of aromatic nitrogens is 1. The average Bonchev–Trinajstić information content (AvgIpc) is 3.00. The molecule has 1 fully saturated rings. The first-order chi connectivity index (χ1) is 16.8. The van der Waals surface area contributed by atoms with Gasteiger partial charge in [-0.05, 0) is 47.9 Å². The van der Waals surface area contributed by atoms with E-state index in [1.54, 1.807) is 37.4 Å². The molecule has 0 unspecified atom stereocenters. The molecule has 182 valence electrons. The molecule has 4 rings (SSSR count). The predicted molar refractivity (Wildman–Crippen MR) is 133 cm³/mol. The molecule has 1 aromatic heterocycles. The van der Waals surface area contributed by atoms with Gasteiger partial charge in [0.1, 0.15) is 17.5 Å². The number of rotatable bonds is 7. The molecule has 1 saturated heterocycles. The smallest absolute Gasteiger partial charge is 0.408 e. The van der Waals surface area contributed by atoms with E-state index in [4.69, 9.17) is 21.4 Å². The van der Waals surface area contributed by atoms with Gasteiger partial charge in [-0.25, -0.2) is 9.18 Å². The first-order valence-electron chi connectivity index (χ1n) is 11.2. The zero-order valence-electron chi connectivity index (χ0n) is 19.2. The van der Waals surface area contributed by atoms with Gasteiger partial charge < -0.3 is 19.8 Å². The van der Waals surface area contributed by atoms with Crippen LogP contribution in [0.4, 0.5) is 4.39 Å². The number of carbonyl (C=O) groups is 1. The van der Waals surface area contributed by atoms with Crippen LogP contribution in [0.25, 0.3) is 22.2 Å². The Bertz CT molecular complexity index is 1350. The first-order valence-corrected chi connectivity index (χ1v) is 11.7. The van der Waals surface area contributed by atoms with E-state index in [1.165, 1.54) is 16.0 Å². The number of thiocarbonyl (C=S) groups is 1. The number of oxazole rings is 1. The van der Waals surface area contributed by atoms with Crippen LogP contribution in [0.2, 0.25) is 0 Å². The maximum absolute atomic E-state index is 15.0. The molecule has 2 atom stereocenters. The quantitative estimate of drug-likeness (QED) is 0.484. The number of aryl methyl sites for hydroxylation is 1. The van der Waals surface area contributed by atoms with Gasteiger partial charge in [0.2, 0.25) is 5.91 Å². The van der Waals surface area contributed by atoms with Crippen LogP contribution < -0.4 is 16.4 Å². The normalized spacial score (nSPS) is 19.0. The Hall–Kier alpha value is -3.39. The summed E-state index contributed by atoms with van der Waals surface area (Å²) in [5, 5.41) is 16.9. The van der Waals surface area contributed by atoms with Crippen LogP contribution in [-0.4, -0.2) is 47.2 Å². The number of nitrogens with zero attached hydrogens (tertiary/aromatic N) is 2. The third-order valence-corrected chi connectivity index (χ3v) is 6.51. The highest BCUT2D eigenvalue weighted by atomic mass is 32.1. The number of benzene rings is 2. The van der Waals surface area contributed by atoms with E-state index in [0.717, 1.165) is 13.0 Å². The minimum absolute atomic E-state index is 0.00726. The Morgan fingerprint density at radius 3 is 2.89 bits per heavy atom. The van der Waals surface area contributed by atoms with Crippen molar-refractivity contribution in [2.24, 2.45) is 7.05 Å². The molecule has 2 aromatic carbocycles. The summed E-state index contributed by atoms with van der Waals surface area (Å²) < 4.78 is 27.3. The van der Waals surface area contributed by atoms with Crippen molar-refractivity contribution >= 4 is 34.6 Å². The van der Waals surface area contributed by atoms with Crippen LogP contribution >= 0.6 is 12.2 Å². The zero-order valence-corrected chi connectivity index (χ0v) is 20.0. The van der Waals surface area contributed by atoms with E-state index < -0.39 is 29.1 Å². The topological polar surface area (TPSA) is 109 Å². The second-order valence-corrected chi connectivity index (χ2v) is 8.84. The zero-order chi connectivity index (χ0) is 25.0. The second kappa shape index (κ2) is 10.5. The van der Waals surface area contributed by atoms with Crippen LogP contribution in [0.1, 0.15) is 18.4 Å². The van der Waals surface area contributed by atoms with Crippen molar-refractivity contribution in [3.05, 3.63) is 58.3 Å². The van der Waals surface area contributed by atoms with Gasteiger partial charge in [0.15, 0.2) is 5.58 Å². The van der Waals surface area contributed by atoms with Gasteiger partial charge in [-0.1, -0.05) is 30.4 Å². The van der Waals surface area contributed by atoms with Crippen LogP contribution in [-0.2, 0) is 23.0 Å². The van der Waals surface area contributed by atoms with Crippen LogP contribution in [0.15, 0.2) is 45.6 Å². The molecule has 1 amide bonds. The van der Waals surface area contributed by atoms with Crippen molar-refractivity contribution in [3.63, 3.8) is 0 Å². The summed E-state index contributed by atoms with van der Waals surface area (Å²) >= 11 is 5.11. The van der Waals surface area contributed by atoms with Gasteiger partial charge >= 0.3 is 5.76 Å². The number of hydrogen-bond acceptors (Lipinski definition) is 7. The van der Waals surface area contributed by atoms with Crippen molar-refractivity contribution in [3.8, 4) is 17.2 Å². The number of halogens is 1. The summed E-state index contributed by atoms with van der Waals surface area (Å²) in [7, 11) is 1.60. The van der Waals surface area contributed by atoms with E-state index in [9.17, 15) is 19.2 Å². The molecule has 0 radical (unpaired) electrons. The predicted octanol–water partition coefficient (Wildman–Crippen LogP) is 2.63. The van der Waals surface area contributed by atoms with Gasteiger partial charge in [-0.15, -0.1) is 0 Å². The molecular formula is C25H25FN4O4S. The summed E-state index contributed by atoms with van der Waals surface area (Å²) in [6.45, 7) is 1.67. The Morgan fingerprint density at radius 1 is 1.37 bits per heavy atom. The lowest BCUT2D eigenvalue weighted by Gasteiger charge is -2.28. The maximum Gasteiger partial charge on any atom is 0.419 e. The van der Waals surface area contributed by atoms with Gasteiger partial charge in [0.25, 0.3) is 0 Å². The summed E-state index contributed by atoms with van der Waals surface area (Å²) in [6.07, 6.45) is 0.798. The lowest BCUT2D eigenvalue weighted by molar-refractivity contribution is -0.125. The standard InChI is InChI=1S/C25H25FN4O4S/c1-30-21-11-17(5-6-22(21)34-24(30)32)16-3-4-18(20(26)10-16)9-19(13-27)29-23(31)12-25(15-35)14-28-7-2-8-33-25/h3-6,10-11,15,19,28H,2,7-9,12,14H2,1H3,(H,29,31)/t19-,25-/m0/s1. The molecule has 2 N–H and O–H groups in total. The van der Waals surface area contributed by atoms with E-state index in [0.29, 0.717) is 40.9 Å². The molecule has 10 heteroatoms. The highest BCUT2D eigenvalue weighted by molar-refractivity contribution is 7.79. The summed E-state index contributed by atoms with van der Waals surface area (Å²) in [5.74, 6) is -1.36. The fourth-order valence-corrected chi connectivity index (χ4v) is 4.35. The van der Waals surface area contributed by atoms with Crippen LogP contribution in [0.3, 0.4) is 0 Å². The SMILES string of the molecule is Cn1c(=O)oc2ccc(-c3ccc(C[C@@H](C#N)NC(=O)C[C@@]4(C=S)CNCCCO4)c(F)c3)cc21.